The Morgan fingerprint density at radius 2 is 1.96 bits per heavy atom. The molecule has 0 amide bonds. The zero-order chi connectivity index (χ0) is 16.9. The number of benzene rings is 2. The Morgan fingerprint density at radius 1 is 1.26 bits per heavy atom. The number of halogens is 2. The Morgan fingerprint density at radius 3 is 2.61 bits per heavy atom. The summed E-state index contributed by atoms with van der Waals surface area (Å²) in [5.41, 5.74) is 0.690. The third kappa shape index (κ3) is 4.95. The smallest absolute Gasteiger partial charge is 0.276 e. The van der Waals surface area contributed by atoms with Gasteiger partial charge in [0.2, 0.25) is 0 Å². The lowest BCUT2D eigenvalue weighted by Gasteiger charge is -2.06. The molecule has 2 aromatic rings. The molecule has 1 N–H and O–H groups in total. The van der Waals surface area contributed by atoms with E-state index in [9.17, 15) is 8.42 Å². The summed E-state index contributed by atoms with van der Waals surface area (Å²) in [4.78, 5) is 2.24. The molecule has 0 saturated carbocycles. The fraction of sp³-hybridized carbons (Fsp3) is 0.133. The van der Waals surface area contributed by atoms with Crippen molar-refractivity contribution < 1.29 is 13.2 Å². The maximum atomic E-state index is 12.1. The number of nitrogens with one attached hydrogen (secondary N) is 1. The van der Waals surface area contributed by atoms with Gasteiger partial charge in [0, 0.05) is 15.1 Å². The van der Waals surface area contributed by atoms with Crippen molar-refractivity contribution in [2.45, 2.75) is 11.8 Å². The number of rotatable bonds is 6. The van der Waals surface area contributed by atoms with Gasteiger partial charge in [-0.05, 0) is 49.4 Å². The first-order valence-electron chi connectivity index (χ1n) is 6.65. The van der Waals surface area contributed by atoms with Crippen LogP contribution in [0.15, 0.2) is 56.9 Å². The molecule has 2 aromatic carbocycles. The van der Waals surface area contributed by atoms with Gasteiger partial charge in [0.25, 0.3) is 10.0 Å². The summed E-state index contributed by atoms with van der Waals surface area (Å²) >= 11 is 9.12. The average Bonchev–Trinajstić information content (AvgIpc) is 2.51. The fourth-order valence-electron chi connectivity index (χ4n) is 1.71. The van der Waals surface area contributed by atoms with Crippen molar-refractivity contribution >= 4 is 43.8 Å². The third-order valence-electron chi connectivity index (χ3n) is 2.78. The largest absolute Gasteiger partial charge is 0.494 e. The molecule has 2 rings (SSSR count). The Hall–Kier alpha value is -1.57. The highest BCUT2D eigenvalue weighted by Crippen LogP contribution is 2.21. The van der Waals surface area contributed by atoms with Crippen LogP contribution in [0.25, 0.3) is 0 Å². The summed E-state index contributed by atoms with van der Waals surface area (Å²) in [7, 11) is -3.73. The van der Waals surface area contributed by atoms with Crippen LogP contribution >= 0.6 is 27.5 Å². The normalized spacial score (nSPS) is 11.6. The molecule has 0 radical (unpaired) electrons. The van der Waals surface area contributed by atoms with Gasteiger partial charge < -0.3 is 4.74 Å². The van der Waals surface area contributed by atoms with Gasteiger partial charge in [-0.3, -0.25) is 0 Å². The van der Waals surface area contributed by atoms with Gasteiger partial charge in [-0.2, -0.15) is 13.5 Å². The van der Waals surface area contributed by atoms with Crippen LogP contribution in [0.3, 0.4) is 0 Å². The SMILES string of the molecule is CCOc1ccc(Br)c(/C=N\NS(=O)(=O)c2ccc(Cl)cc2)c1. The van der Waals surface area contributed by atoms with Gasteiger partial charge >= 0.3 is 0 Å². The summed E-state index contributed by atoms with van der Waals surface area (Å²) < 4.78 is 30.3. The molecule has 0 heterocycles. The molecular formula is C15H14BrClN2O3S. The minimum atomic E-state index is -3.73. The van der Waals surface area contributed by atoms with E-state index in [-0.39, 0.29) is 4.90 Å². The summed E-state index contributed by atoms with van der Waals surface area (Å²) in [6.45, 7) is 2.43. The van der Waals surface area contributed by atoms with Crippen LogP contribution in [-0.2, 0) is 10.0 Å². The lowest BCUT2D eigenvalue weighted by atomic mass is 10.2. The van der Waals surface area contributed by atoms with Crippen molar-refractivity contribution in [3.05, 3.63) is 57.5 Å². The maximum absolute atomic E-state index is 12.1. The molecule has 0 bridgehead atoms. The summed E-state index contributed by atoms with van der Waals surface area (Å²) in [5.74, 6) is 0.678. The molecule has 0 spiro atoms. The highest BCUT2D eigenvalue weighted by molar-refractivity contribution is 9.10. The van der Waals surface area contributed by atoms with Crippen LogP contribution in [0.4, 0.5) is 0 Å². The van der Waals surface area contributed by atoms with E-state index in [0.717, 1.165) is 4.47 Å². The molecular weight excluding hydrogens is 404 g/mol. The molecule has 122 valence electrons. The zero-order valence-electron chi connectivity index (χ0n) is 12.2. The van der Waals surface area contributed by atoms with E-state index in [1.807, 2.05) is 13.0 Å². The molecule has 0 aromatic heterocycles. The molecule has 0 aliphatic rings. The second-order valence-corrected chi connectivity index (χ2v) is 7.37. The van der Waals surface area contributed by atoms with Gasteiger partial charge in [0.15, 0.2) is 0 Å². The van der Waals surface area contributed by atoms with Crippen LogP contribution in [0, 0.1) is 0 Å². The van der Waals surface area contributed by atoms with Crippen LogP contribution < -0.4 is 9.57 Å². The number of hydrogen-bond acceptors (Lipinski definition) is 4. The highest BCUT2D eigenvalue weighted by atomic mass is 79.9. The zero-order valence-corrected chi connectivity index (χ0v) is 15.3. The summed E-state index contributed by atoms with van der Waals surface area (Å²) in [6, 6.07) is 11.2. The van der Waals surface area contributed by atoms with Crippen molar-refractivity contribution in [3.8, 4) is 5.75 Å². The lowest BCUT2D eigenvalue weighted by molar-refractivity contribution is 0.340. The van der Waals surface area contributed by atoms with Gasteiger partial charge in [0.1, 0.15) is 5.75 Å². The number of hydrazone groups is 1. The molecule has 0 aliphatic heterocycles. The van der Waals surface area contributed by atoms with Gasteiger partial charge in [-0.15, -0.1) is 0 Å². The molecule has 0 aliphatic carbocycles. The van der Waals surface area contributed by atoms with Crippen molar-refractivity contribution in [1.29, 1.82) is 0 Å². The van der Waals surface area contributed by atoms with Gasteiger partial charge in [-0.1, -0.05) is 27.5 Å². The Bertz CT molecular complexity index is 808. The molecule has 8 heteroatoms. The average molecular weight is 418 g/mol. The molecule has 0 atom stereocenters. The van der Waals surface area contributed by atoms with E-state index in [2.05, 4.69) is 25.9 Å². The van der Waals surface area contributed by atoms with Gasteiger partial charge in [0.05, 0.1) is 17.7 Å². The van der Waals surface area contributed by atoms with Crippen molar-refractivity contribution in [3.63, 3.8) is 0 Å². The topological polar surface area (TPSA) is 67.8 Å². The minimum Gasteiger partial charge on any atom is -0.494 e. The molecule has 0 unspecified atom stereocenters. The third-order valence-corrected chi connectivity index (χ3v) is 4.99. The van der Waals surface area contributed by atoms with Gasteiger partial charge in [-0.25, -0.2) is 4.83 Å². The first-order valence-corrected chi connectivity index (χ1v) is 9.30. The standard InChI is InChI=1S/C15H14BrClN2O3S/c1-2-22-13-5-8-15(16)11(9-13)10-18-19-23(20,21)14-6-3-12(17)4-7-14/h3-10,19H,2H2,1H3/b18-10-. The van der Waals surface area contributed by atoms with E-state index < -0.39 is 10.0 Å². The Labute approximate surface area is 148 Å². The number of sulfonamides is 1. The van der Waals surface area contributed by atoms with Crippen molar-refractivity contribution in [2.75, 3.05) is 6.61 Å². The van der Waals surface area contributed by atoms with Crippen molar-refractivity contribution in [1.82, 2.24) is 4.83 Å². The lowest BCUT2D eigenvalue weighted by Crippen LogP contribution is -2.18. The van der Waals surface area contributed by atoms with Crippen molar-refractivity contribution in [2.24, 2.45) is 5.10 Å². The molecule has 5 nitrogen and oxygen atoms in total. The molecule has 0 fully saturated rings. The molecule has 0 saturated heterocycles. The number of hydrogen-bond donors (Lipinski definition) is 1. The number of nitrogens with zero attached hydrogens (tertiary/aromatic N) is 1. The van der Waals surface area contributed by atoms with E-state index in [1.54, 1.807) is 12.1 Å². The first kappa shape index (κ1) is 17.8. The monoisotopic (exact) mass is 416 g/mol. The quantitative estimate of drug-likeness (QED) is 0.574. The highest BCUT2D eigenvalue weighted by Gasteiger charge is 2.12. The van der Waals surface area contributed by atoms with Crippen LogP contribution in [-0.4, -0.2) is 21.2 Å². The van der Waals surface area contributed by atoms with E-state index in [0.29, 0.717) is 22.9 Å². The van der Waals surface area contributed by atoms with Crippen LogP contribution in [0.2, 0.25) is 5.02 Å². The molecule has 23 heavy (non-hydrogen) atoms. The van der Waals surface area contributed by atoms with E-state index in [4.69, 9.17) is 16.3 Å². The Kier molecular flexibility index (Phi) is 6.04. The fourth-order valence-corrected chi connectivity index (χ4v) is 2.98. The maximum Gasteiger partial charge on any atom is 0.276 e. The summed E-state index contributed by atoms with van der Waals surface area (Å²) in [5, 5.41) is 4.25. The second kappa shape index (κ2) is 7.81. The number of ether oxygens (including phenoxy) is 1. The van der Waals surface area contributed by atoms with E-state index >= 15 is 0 Å². The first-order chi connectivity index (χ1) is 10.9. The summed E-state index contributed by atoms with van der Waals surface area (Å²) in [6.07, 6.45) is 1.40. The van der Waals surface area contributed by atoms with E-state index in [1.165, 1.54) is 30.5 Å². The predicted molar refractivity (Wildman–Crippen MR) is 94.7 cm³/mol. The minimum absolute atomic E-state index is 0.0844. The van der Waals surface area contributed by atoms with Crippen LogP contribution in [0.1, 0.15) is 12.5 Å². The van der Waals surface area contributed by atoms with Crippen LogP contribution in [0.5, 0.6) is 5.75 Å². The predicted octanol–water partition coefficient (Wildman–Crippen LogP) is 3.81. The second-order valence-electron chi connectivity index (χ2n) is 4.42. The Balaban J connectivity index is 2.14.